The topological polar surface area (TPSA) is 71.8 Å². The summed E-state index contributed by atoms with van der Waals surface area (Å²) in [6.45, 7) is 0. The number of thiazole rings is 1. The maximum absolute atomic E-state index is 10.8. The van der Waals surface area contributed by atoms with Crippen molar-refractivity contribution in [1.82, 2.24) is 15.2 Å². The van der Waals surface area contributed by atoms with Crippen LogP contribution in [0.4, 0.5) is 0 Å². The van der Waals surface area contributed by atoms with Crippen LogP contribution in [0.1, 0.15) is 0 Å². The summed E-state index contributed by atoms with van der Waals surface area (Å²) in [4.78, 5) is 15.2. The molecule has 3 rings (SSSR count). The highest BCUT2D eigenvalue weighted by Crippen LogP contribution is 2.26. The summed E-state index contributed by atoms with van der Waals surface area (Å²) in [5.74, 6) is -0.359. The quantitative estimate of drug-likeness (QED) is 0.750. The van der Waals surface area contributed by atoms with E-state index < -0.39 is 5.76 Å². The van der Waals surface area contributed by atoms with Crippen LogP contribution in [0.3, 0.4) is 0 Å². The first-order valence-electron chi connectivity index (χ1n) is 4.90. The predicted molar refractivity (Wildman–Crippen MR) is 63.7 cm³/mol. The Kier molecular flexibility index (Phi) is 2.34. The van der Waals surface area contributed by atoms with Crippen LogP contribution in [0.15, 0.2) is 44.9 Å². The number of nitrogens with one attached hydrogen (secondary N) is 1. The Balaban J connectivity index is 2.01. The van der Waals surface area contributed by atoms with E-state index >= 15 is 0 Å². The highest BCUT2D eigenvalue weighted by atomic mass is 32.1. The Labute approximate surface area is 99.8 Å². The van der Waals surface area contributed by atoms with Gasteiger partial charge in [0.05, 0.1) is 0 Å². The second-order valence-electron chi connectivity index (χ2n) is 3.32. The van der Waals surface area contributed by atoms with E-state index in [1.54, 1.807) is 5.38 Å². The second-order valence-corrected chi connectivity index (χ2v) is 4.18. The van der Waals surface area contributed by atoms with Crippen molar-refractivity contribution in [2.75, 3.05) is 0 Å². The average Bonchev–Trinajstić information content (AvgIpc) is 2.98. The normalized spacial score (nSPS) is 10.6. The maximum Gasteiger partial charge on any atom is 0.434 e. The van der Waals surface area contributed by atoms with Gasteiger partial charge in [-0.2, -0.15) is 0 Å². The Morgan fingerprint density at radius 2 is 2.06 bits per heavy atom. The van der Waals surface area contributed by atoms with Gasteiger partial charge < -0.3 is 4.42 Å². The number of nitrogens with zero attached hydrogens (tertiary/aromatic N) is 2. The summed E-state index contributed by atoms with van der Waals surface area (Å²) in [5.41, 5.74) is 1.59. The summed E-state index contributed by atoms with van der Waals surface area (Å²) in [6, 6.07) is 9.80. The van der Waals surface area contributed by atoms with Crippen molar-refractivity contribution in [2.24, 2.45) is 0 Å². The molecule has 17 heavy (non-hydrogen) atoms. The van der Waals surface area contributed by atoms with Gasteiger partial charge in [0.15, 0.2) is 0 Å². The van der Waals surface area contributed by atoms with Gasteiger partial charge in [0.25, 0.3) is 5.89 Å². The number of hydrogen-bond donors (Lipinski definition) is 1. The number of H-pyrrole nitrogens is 1. The van der Waals surface area contributed by atoms with Crippen LogP contribution in [0.5, 0.6) is 0 Å². The zero-order valence-corrected chi connectivity index (χ0v) is 9.40. The lowest BCUT2D eigenvalue weighted by molar-refractivity contribution is 0.525. The molecule has 84 valence electrons. The second kappa shape index (κ2) is 3.99. The minimum Gasteiger partial charge on any atom is -0.386 e. The Hall–Kier alpha value is -2.21. The average molecular weight is 245 g/mol. The first-order chi connectivity index (χ1) is 8.33. The molecule has 1 aromatic carbocycles. The van der Waals surface area contributed by atoms with Crippen molar-refractivity contribution in [3.05, 3.63) is 46.3 Å². The largest absolute Gasteiger partial charge is 0.434 e. The fourth-order valence-electron chi connectivity index (χ4n) is 1.42. The molecule has 0 aliphatic heterocycles. The minimum atomic E-state index is -0.575. The molecular formula is C11H7N3O2S. The van der Waals surface area contributed by atoms with Gasteiger partial charge in [-0.1, -0.05) is 30.3 Å². The lowest BCUT2D eigenvalue weighted by atomic mass is 10.2. The molecule has 2 aromatic heterocycles. The van der Waals surface area contributed by atoms with Crippen molar-refractivity contribution < 1.29 is 4.42 Å². The maximum atomic E-state index is 10.8. The van der Waals surface area contributed by atoms with Crippen LogP contribution in [0.25, 0.3) is 22.2 Å². The summed E-state index contributed by atoms with van der Waals surface area (Å²) in [6.07, 6.45) is 0. The zero-order chi connectivity index (χ0) is 11.7. The fourth-order valence-corrected chi connectivity index (χ4v) is 2.22. The van der Waals surface area contributed by atoms with E-state index in [2.05, 4.69) is 15.2 Å². The predicted octanol–water partition coefficient (Wildman–Crippen LogP) is 2.15. The smallest absolute Gasteiger partial charge is 0.386 e. The fraction of sp³-hybridized carbons (Fsp3) is 0. The molecule has 0 aliphatic rings. The highest BCUT2D eigenvalue weighted by molar-refractivity contribution is 7.13. The molecule has 0 aliphatic carbocycles. The third-order valence-corrected chi connectivity index (χ3v) is 3.07. The van der Waals surface area contributed by atoms with Gasteiger partial charge in [-0.3, -0.25) is 0 Å². The Morgan fingerprint density at radius 3 is 2.76 bits per heavy atom. The third kappa shape index (κ3) is 1.90. The van der Waals surface area contributed by atoms with E-state index in [4.69, 9.17) is 4.42 Å². The van der Waals surface area contributed by atoms with Gasteiger partial charge in [0.2, 0.25) is 0 Å². The summed E-state index contributed by atoms with van der Waals surface area (Å²) >= 11 is 1.48. The van der Waals surface area contributed by atoms with E-state index in [9.17, 15) is 4.79 Å². The number of rotatable bonds is 2. The van der Waals surface area contributed by atoms with E-state index in [1.165, 1.54) is 11.3 Å². The van der Waals surface area contributed by atoms with Crippen molar-refractivity contribution in [3.8, 4) is 22.2 Å². The molecule has 6 heteroatoms. The SMILES string of the molecule is O=c1[nH]nc(-c2csc(-c3ccccc3)n2)o1. The molecule has 0 radical (unpaired) electrons. The van der Waals surface area contributed by atoms with E-state index in [-0.39, 0.29) is 5.89 Å². The molecule has 0 saturated carbocycles. The summed E-state index contributed by atoms with van der Waals surface area (Å²) < 4.78 is 4.84. The minimum absolute atomic E-state index is 0.216. The van der Waals surface area contributed by atoms with Crippen LogP contribution in [0, 0.1) is 0 Å². The number of hydrogen-bond acceptors (Lipinski definition) is 5. The van der Waals surface area contributed by atoms with Crippen LogP contribution in [-0.4, -0.2) is 15.2 Å². The molecule has 0 unspecified atom stereocenters. The molecular weight excluding hydrogens is 238 g/mol. The van der Waals surface area contributed by atoms with Gasteiger partial charge in [0.1, 0.15) is 10.7 Å². The summed E-state index contributed by atoms with van der Waals surface area (Å²) in [5, 5.41) is 8.62. The Morgan fingerprint density at radius 1 is 1.24 bits per heavy atom. The van der Waals surface area contributed by atoms with Crippen LogP contribution >= 0.6 is 11.3 Å². The molecule has 3 aromatic rings. The van der Waals surface area contributed by atoms with Crippen LogP contribution in [0.2, 0.25) is 0 Å². The number of aromatic nitrogens is 3. The first-order valence-corrected chi connectivity index (χ1v) is 5.78. The van der Waals surface area contributed by atoms with Gasteiger partial charge >= 0.3 is 5.76 Å². The van der Waals surface area contributed by atoms with Crippen molar-refractivity contribution in [1.29, 1.82) is 0 Å². The third-order valence-electron chi connectivity index (χ3n) is 2.18. The molecule has 0 atom stereocenters. The molecule has 0 amide bonds. The van der Waals surface area contributed by atoms with Crippen molar-refractivity contribution in [3.63, 3.8) is 0 Å². The van der Waals surface area contributed by atoms with Gasteiger partial charge in [0, 0.05) is 10.9 Å². The van der Waals surface area contributed by atoms with Crippen LogP contribution in [-0.2, 0) is 0 Å². The molecule has 0 saturated heterocycles. The van der Waals surface area contributed by atoms with Crippen LogP contribution < -0.4 is 5.76 Å². The van der Waals surface area contributed by atoms with Gasteiger partial charge in [-0.05, 0) is 0 Å². The molecule has 0 bridgehead atoms. The van der Waals surface area contributed by atoms with E-state index in [1.807, 2.05) is 30.3 Å². The van der Waals surface area contributed by atoms with E-state index in [0.717, 1.165) is 10.6 Å². The monoisotopic (exact) mass is 245 g/mol. The Bertz CT molecular complexity index is 684. The molecule has 0 spiro atoms. The standard InChI is InChI=1S/C11H7N3O2S/c15-11-14-13-9(16-11)8-6-17-10(12-8)7-4-2-1-3-5-7/h1-6H,(H,14,15). The first kappa shape index (κ1) is 9.98. The zero-order valence-electron chi connectivity index (χ0n) is 8.58. The number of aromatic amines is 1. The lowest BCUT2D eigenvalue weighted by Gasteiger charge is -1.92. The number of benzene rings is 1. The van der Waals surface area contributed by atoms with Gasteiger partial charge in [-0.15, -0.1) is 16.4 Å². The van der Waals surface area contributed by atoms with Crippen molar-refractivity contribution >= 4 is 11.3 Å². The summed E-state index contributed by atoms with van der Waals surface area (Å²) in [7, 11) is 0. The molecule has 2 heterocycles. The molecule has 5 nitrogen and oxygen atoms in total. The molecule has 1 N–H and O–H groups in total. The van der Waals surface area contributed by atoms with Crippen molar-refractivity contribution in [2.45, 2.75) is 0 Å². The van der Waals surface area contributed by atoms with E-state index in [0.29, 0.717) is 5.69 Å². The highest BCUT2D eigenvalue weighted by Gasteiger charge is 2.10. The molecule has 0 fully saturated rings. The van der Waals surface area contributed by atoms with Gasteiger partial charge in [-0.25, -0.2) is 14.9 Å². The lowest BCUT2D eigenvalue weighted by Crippen LogP contribution is -1.93.